The van der Waals surface area contributed by atoms with Gasteiger partial charge >= 0.3 is 6.09 Å². The maximum Gasteiger partial charge on any atom is 0.413 e. The molecule has 0 aromatic heterocycles. The van der Waals surface area contributed by atoms with Crippen molar-refractivity contribution in [3.8, 4) is 5.75 Å². The number of nitrogens with zero attached hydrogens (tertiary/aromatic N) is 3. The van der Waals surface area contributed by atoms with Crippen LogP contribution in [0.3, 0.4) is 0 Å². The summed E-state index contributed by atoms with van der Waals surface area (Å²) in [6, 6.07) is 14.6. The number of hydrogen-bond donors (Lipinski definition) is 1. The van der Waals surface area contributed by atoms with Gasteiger partial charge in [0.25, 0.3) is 5.91 Å². The topological polar surface area (TPSA) is 74.4 Å². The molecule has 180 valence electrons. The summed E-state index contributed by atoms with van der Waals surface area (Å²) < 4.78 is 5.61. The number of fused-ring (bicyclic) bond motifs is 3. The van der Waals surface area contributed by atoms with Gasteiger partial charge in [-0.2, -0.15) is 0 Å². The first-order valence-corrected chi connectivity index (χ1v) is 11.8. The first kappa shape index (κ1) is 22.7. The minimum Gasteiger partial charge on any atom is -0.410 e. The Morgan fingerprint density at radius 2 is 1.94 bits per heavy atom. The Morgan fingerprint density at radius 1 is 1.18 bits per heavy atom. The Kier molecular flexibility index (Phi) is 5.73. The second kappa shape index (κ2) is 8.60. The molecule has 3 heterocycles. The molecule has 2 unspecified atom stereocenters. The zero-order valence-electron chi connectivity index (χ0n) is 20.2. The molecule has 2 fully saturated rings. The molecule has 2 saturated heterocycles. The Bertz CT molecular complexity index is 1090. The van der Waals surface area contributed by atoms with Crippen molar-refractivity contribution in [3.05, 3.63) is 59.7 Å². The molecule has 2 aromatic carbocycles. The minimum atomic E-state index is -0.677. The fraction of sp³-hybridized carbons (Fsp3) is 0.462. The number of nitrogens with one attached hydrogen (secondary N) is 1. The summed E-state index contributed by atoms with van der Waals surface area (Å²) in [5.74, 6) is 0.220. The highest BCUT2D eigenvalue weighted by molar-refractivity contribution is 5.87. The molecule has 8 nitrogen and oxygen atoms in total. The molecule has 1 N–H and O–H groups in total. The summed E-state index contributed by atoms with van der Waals surface area (Å²) in [5, 5.41) is 4.09. The summed E-state index contributed by atoms with van der Waals surface area (Å²) in [7, 11) is 4.26. The molecule has 4 atom stereocenters. The average molecular weight is 465 g/mol. The van der Waals surface area contributed by atoms with Crippen molar-refractivity contribution in [3.63, 3.8) is 0 Å². The smallest absolute Gasteiger partial charge is 0.410 e. The van der Waals surface area contributed by atoms with E-state index in [4.69, 9.17) is 9.57 Å². The number of hydrogen-bond acceptors (Lipinski definition) is 6. The number of benzene rings is 2. The van der Waals surface area contributed by atoms with Gasteiger partial charge in [0.15, 0.2) is 0 Å². The van der Waals surface area contributed by atoms with E-state index in [1.165, 1.54) is 10.6 Å². The molecule has 0 spiro atoms. The monoisotopic (exact) mass is 464 g/mol. The first-order chi connectivity index (χ1) is 16.3. The van der Waals surface area contributed by atoms with E-state index in [-0.39, 0.29) is 17.4 Å². The lowest BCUT2D eigenvalue weighted by atomic mass is 9.81. The number of amides is 2. The van der Waals surface area contributed by atoms with Gasteiger partial charge in [-0.25, -0.2) is 9.86 Å². The molecule has 34 heavy (non-hydrogen) atoms. The molecule has 0 radical (unpaired) electrons. The van der Waals surface area contributed by atoms with Crippen LogP contribution in [0.5, 0.6) is 5.75 Å². The van der Waals surface area contributed by atoms with E-state index in [2.05, 4.69) is 36.1 Å². The van der Waals surface area contributed by atoms with Crippen LogP contribution < -0.4 is 15.0 Å². The van der Waals surface area contributed by atoms with Crippen LogP contribution >= 0.6 is 0 Å². The largest absolute Gasteiger partial charge is 0.413 e. The van der Waals surface area contributed by atoms with Crippen molar-refractivity contribution >= 4 is 17.7 Å². The lowest BCUT2D eigenvalue weighted by molar-refractivity contribution is -0.193. The zero-order chi connectivity index (χ0) is 24.0. The highest BCUT2D eigenvalue weighted by Gasteiger charge is 2.52. The molecule has 0 aliphatic carbocycles. The van der Waals surface area contributed by atoms with Gasteiger partial charge in [-0.05, 0) is 56.1 Å². The number of carbonyl (C=O) groups excluding carboxylic acids is 2. The average Bonchev–Trinajstić information content (AvgIpc) is 3.35. The van der Waals surface area contributed by atoms with E-state index in [0.717, 1.165) is 24.2 Å². The number of likely N-dealkylation sites (N-methyl/N-ethyl adjacent to an activating group) is 2. The number of likely N-dealkylation sites (tertiary alicyclic amines) is 1. The molecule has 2 amide bonds. The quantitative estimate of drug-likeness (QED) is 0.732. The van der Waals surface area contributed by atoms with Gasteiger partial charge in [0.1, 0.15) is 18.4 Å². The van der Waals surface area contributed by atoms with Crippen LogP contribution in [0.2, 0.25) is 0 Å². The molecular weight excluding hydrogens is 432 g/mol. The van der Waals surface area contributed by atoms with Gasteiger partial charge in [-0.1, -0.05) is 37.3 Å². The lowest BCUT2D eigenvalue weighted by Crippen LogP contribution is -2.45. The number of hydroxylamine groups is 2. The van der Waals surface area contributed by atoms with Crippen LogP contribution in [0, 0.1) is 0 Å². The fourth-order valence-electron chi connectivity index (χ4n) is 5.84. The Labute approximate surface area is 200 Å². The third kappa shape index (κ3) is 3.80. The number of rotatable bonds is 5. The van der Waals surface area contributed by atoms with Crippen molar-refractivity contribution < 1.29 is 19.2 Å². The SMILES string of the molecule is CC1CC(NC(=O)Oc2ccc3c(c2)[C@]2(C)CCN(C)[C@@H]2N3C)C(=O)N1OCc1ccccc1. The maximum absolute atomic E-state index is 12.8. The number of ether oxygens (including phenoxy) is 1. The van der Waals surface area contributed by atoms with Crippen molar-refractivity contribution in [2.24, 2.45) is 0 Å². The number of anilines is 1. The van der Waals surface area contributed by atoms with Gasteiger partial charge in [0, 0.05) is 24.7 Å². The van der Waals surface area contributed by atoms with Crippen molar-refractivity contribution in [2.45, 2.75) is 57.0 Å². The van der Waals surface area contributed by atoms with E-state index in [9.17, 15) is 9.59 Å². The van der Waals surface area contributed by atoms with Gasteiger partial charge in [0.2, 0.25) is 0 Å². The third-order valence-corrected chi connectivity index (χ3v) is 7.51. The minimum absolute atomic E-state index is 0.0118. The summed E-state index contributed by atoms with van der Waals surface area (Å²) in [5.41, 5.74) is 3.32. The molecule has 8 heteroatoms. The van der Waals surface area contributed by atoms with E-state index >= 15 is 0 Å². The van der Waals surface area contributed by atoms with E-state index in [1.54, 1.807) is 0 Å². The van der Waals surface area contributed by atoms with Gasteiger partial charge < -0.3 is 15.0 Å². The van der Waals surface area contributed by atoms with E-state index in [1.807, 2.05) is 55.5 Å². The van der Waals surface area contributed by atoms with Crippen molar-refractivity contribution in [2.75, 3.05) is 25.5 Å². The van der Waals surface area contributed by atoms with Gasteiger partial charge in [-0.3, -0.25) is 14.5 Å². The Hall–Kier alpha value is -3.10. The van der Waals surface area contributed by atoms with Crippen LogP contribution in [0.25, 0.3) is 0 Å². The van der Waals surface area contributed by atoms with Crippen molar-refractivity contribution in [1.82, 2.24) is 15.3 Å². The predicted molar refractivity (Wildman–Crippen MR) is 128 cm³/mol. The fourth-order valence-corrected chi connectivity index (χ4v) is 5.84. The Morgan fingerprint density at radius 3 is 2.71 bits per heavy atom. The Balaban J connectivity index is 1.22. The second-order valence-electron chi connectivity index (χ2n) is 9.91. The van der Waals surface area contributed by atoms with Crippen LogP contribution in [0.1, 0.15) is 37.8 Å². The highest BCUT2D eigenvalue weighted by Crippen LogP contribution is 2.51. The molecule has 0 bridgehead atoms. The number of carbonyl (C=O) groups is 2. The molecule has 5 rings (SSSR count). The zero-order valence-corrected chi connectivity index (χ0v) is 20.2. The summed E-state index contributed by atoms with van der Waals surface area (Å²) in [6.45, 7) is 5.51. The van der Waals surface area contributed by atoms with Crippen LogP contribution in [-0.2, 0) is 21.7 Å². The standard InChI is InChI=1S/C26H32N4O4/c1-17-14-21(23(31)30(17)33-16-18-8-6-5-7-9-18)27-25(32)34-19-10-11-22-20(15-19)26(2)12-13-28(3)24(26)29(22)4/h5-11,15,17,21,24H,12-14,16H2,1-4H3,(H,27,32)/t17?,21?,24-,26+/m1/s1. The lowest BCUT2D eigenvalue weighted by Gasteiger charge is -2.32. The summed E-state index contributed by atoms with van der Waals surface area (Å²) >= 11 is 0. The summed E-state index contributed by atoms with van der Waals surface area (Å²) in [4.78, 5) is 35.9. The molecule has 2 aromatic rings. The molecule has 3 aliphatic rings. The van der Waals surface area contributed by atoms with Crippen LogP contribution in [0.4, 0.5) is 10.5 Å². The van der Waals surface area contributed by atoms with Crippen molar-refractivity contribution in [1.29, 1.82) is 0 Å². The third-order valence-electron chi connectivity index (χ3n) is 7.51. The molecule has 3 aliphatic heterocycles. The molecular formula is C26H32N4O4. The predicted octanol–water partition coefficient (Wildman–Crippen LogP) is 3.27. The van der Waals surface area contributed by atoms with Crippen LogP contribution in [0.15, 0.2) is 48.5 Å². The normalized spacial score (nSPS) is 28.2. The van der Waals surface area contributed by atoms with E-state index < -0.39 is 12.1 Å². The first-order valence-electron chi connectivity index (χ1n) is 11.8. The van der Waals surface area contributed by atoms with Gasteiger partial charge in [-0.15, -0.1) is 0 Å². The van der Waals surface area contributed by atoms with Gasteiger partial charge in [0.05, 0.1) is 12.2 Å². The maximum atomic E-state index is 12.8. The second-order valence-corrected chi connectivity index (χ2v) is 9.91. The van der Waals surface area contributed by atoms with E-state index in [0.29, 0.717) is 24.9 Å². The van der Waals surface area contributed by atoms with Crippen LogP contribution in [-0.4, -0.2) is 60.9 Å². The molecule has 0 saturated carbocycles. The highest BCUT2D eigenvalue weighted by atomic mass is 16.7. The summed E-state index contributed by atoms with van der Waals surface area (Å²) in [6.07, 6.45) is 1.18.